The second-order valence-electron chi connectivity index (χ2n) is 3.70. The highest BCUT2D eigenvalue weighted by molar-refractivity contribution is 6.33. The maximum Gasteiger partial charge on any atom is 0.0793 e. The summed E-state index contributed by atoms with van der Waals surface area (Å²) < 4.78 is 5.30. The molecular weight excluding hydrogens is 200 g/mol. The first kappa shape index (κ1) is 10.4. The minimum Gasteiger partial charge on any atom is -0.377 e. The molecule has 2 heteroatoms. The Labute approximate surface area is 93.5 Å². The van der Waals surface area contributed by atoms with Crippen LogP contribution in [0.25, 0.3) is 10.8 Å². The van der Waals surface area contributed by atoms with E-state index in [-0.39, 0.29) is 6.10 Å². The van der Waals surface area contributed by atoms with Gasteiger partial charge in [-0.2, -0.15) is 0 Å². The van der Waals surface area contributed by atoms with Gasteiger partial charge in [-0.1, -0.05) is 35.5 Å². The molecule has 1 atom stereocenters. The normalized spacial score (nSPS) is 13.0. The molecule has 3 radical (unpaired) electrons. The van der Waals surface area contributed by atoms with Crippen LogP contribution in [0.1, 0.15) is 18.6 Å². The highest BCUT2D eigenvalue weighted by Crippen LogP contribution is 2.21. The van der Waals surface area contributed by atoms with Gasteiger partial charge >= 0.3 is 0 Å². The third-order valence-corrected chi connectivity index (χ3v) is 3.00. The van der Waals surface area contributed by atoms with Crippen LogP contribution < -0.4 is 5.19 Å². The highest BCUT2D eigenvalue weighted by Gasteiger charge is 2.03. The lowest BCUT2D eigenvalue weighted by Crippen LogP contribution is -2.00. The molecular formula is C13H13OSi. The summed E-state index contributed by atoms with van der Waals surface area (Å²) in [6.45, 7) is 2.06. The van der Waals surface area contributed by atoms with E-state index in [1.165, 1.54) is 16.3 Å². The Kier molecular flexibility index (Phi) is 2.89. The molecule has 0 spiro atoms. The van der Waals surface area contributed by atoms with Gasteiger partial charge in [0, 0.05) is 7.11 Å². The predicted octanol–water partition coefficient (Wildman–Crippen LogP) is 2.34. The Hall–Kier alpha value is -1.12. The molecule has 0 amide bonds. The first-order chi connectivity index (χ1) is 7.20. The maximum absolute atomic E-state index is 5.30. The lowest BCUT2D eigenvalue weighted by atomic mass is 10.0. The van der Waals surface area contributed by atoms with Crippen molar-refractivity contribution in [2.24, 2.45) is 0 Å². The van der Waals surface area contributed by atoms with Gasteiger partial charge in [-0.3, -0.25) is 0 Å². The Morgan fingerprint density at radius 1 is 1.07 bits per heavy atom. The fourth-order valence-corrected chi connectivity index (χ4v) is 1.89. The summed E-state index contributed by atoms with van der Waals surface area (Å²) in [6.07, 6.45) is 0.151. The number of hydrogen-bond acceptors (Lipinski definition) is 1. The molecule has 0 N–H and O–H groups in total. The van der Waals surface area contributed by atoms with Crippen LogP contribution in [0.4, 0.5) is 0 Å². The maximum atomic E-state index is 5.30. The largest absolute Gasteiger partial charge is 0.377 e. The lowest BCUT2D eigenvalue weighted by molar-refractivity contribution is 0.119. The van der Waals surface area contributed by atoms with Gasteiger partial charge in [-0.25, -0.2) is 0 Å². The minimum atomic E-state index is 0.151. The molecule has 0 aliphatic rings. The number of hydrogen-bond donors (Lipinski definition) is 0. The van der Waals surface area contributed by atoms with Crippen molar-refractivity contribution in [3.63, 3.8) is 0 Å². The van der Waals surface area contributed by atoms with Gasteiger partial charge in [0.15, 0.2) is 0 Å². The minimum absolute atomic E-state index is 0.151. The van der Waals surface area contributed by atoms with Gasteiger partial charge in [-0.05, 0) is 29.3 Å². The van der Waals surface area contributed by atoms with Crippen LogP contribution in [0.5, 0.6) is 0 Å². The molecule has 0 aliphatic carbocycles. The third-order valence-electron chi connectivity index (χ3n) is 2.69. The van der Waals surface area contributed by atoms with E-state index in [0.29, 0.717) is 0 Å². The summed E-state index contributed by atoms with van der Waals surface area (Å²) >= 11 is 0. The SMILES string of the molecule is COC(C)c1ccc2cc([Si])ccc2c1. The number of ether oxygens (including phenoxy) is 1. The zero-order valence-electron chi connectivity index (χ0n) is 8.95. The van der Waals surface area contributed by atoms with Crippen molar-refractivity contribution < 1.29 is 4.74 Å². The molecule has 0 saturated heterocycles. The fraction of sp³-hybridized carbons (Fsp3) is 0.231. The van der Waals surface area contributed by atoms with Crippen molar-refractivity contribution in [3.8, 4) is 0 Å². The molecule has 2 aromatic rings. The third kappa shape index (κ3) is 2.11. The van der Waals surface area contributed by atoms with E-state index < -0.39 is 0 Å². The summed E-state index contributed by atoms with van der Waals surface area (Å²) in [4.78, 5) is 0. The van der Waals surface area contributed by atoms with E-state index in [1.54, 1.807) is 7.11 Å². The molecule has 2 rings (SSSR count). The van der Waals surface area contributed by atoms with E-state index >= 15 is 0 Å². The predicted molar refractivity (Wildman–Crippen MR) is 64.8 cm³/mol. The molecule has 75 valence electrons. The quantitative estimate of drug-likeness (QED) is 0.696. The molecule has 0 saturated carbocycles. The molecule has 0 aromatic heterocycles. The first-order valence-electron chi connectivity index (χ1n) is 4.99. The Bertz CT molecular complexity index is 479. The van der Waals surface area contributed by atoms with Crippen LogP contribution in [0.2, 0.25) is 0 Å². The second kappa shape index (κ2) is 4.17. The number of rotatable bonds is 2. The number of fused-ring (bicyclic) bond motifs is 1. The van der Waals surface area contributed by atoms with Crippen LogP contribution in [-0.2, 0) is 4.74 Å². The van der Waals surface area contributed by atoms with Crippen molar-refractivity contribution in [3.05, 3.63) is 42.0 Å². The average molecular weight is 213 g/mol. The zero-order valence-corrected chi connectivity index (χ0v) is 9.95. The van der Waals surface area contributed by atoms with E-state index in [2.05, 4.69) is 53.6 Å². The first-order valence-corrected chi connectivity index (χ1v) is 5.49. The highest BCUT2D eigenvalue weighted by atomic mass is 28.1. The van der Waals surface area contributed by atoms with Gasteiger partial charge in [0.2, 0.25) is 0 Å². The summed E-state index contributed by atoms with van der Waals surface area (Å²) in [7, 11) is 5.25. The summed E-state index contributed by atoms with van der Waals surface area (Å²) in [5, 5.41) is 3.60. The van der Waals surface area contributed by atoms with Gasteiger partial charge in [0.05, 0.1) is 16.3 Å². The van der Waals surface area contributed by atoms with Crippen LogP contribution in [0.15, 0.2) is 36.4 Å². The van der Waals surface area contributed by atoms with Gasteiger partial charge in [0.1, 0.15) is 0 Å². The Morgan fingerprint density at radius 3 is 2.47 bits per heavy atom. The zero-order chi connectivity index (χ0) is 10.8. The molecule has 15 heavy (non-hydrogen) atoms. The lowest BCUT2D eigenvalue weighted by Gasteiger charge is -2.10. The van der Waals surface area contributed by atoms with E-state index in [4.69, 9.17) is 4.74 Å². The molecule has 2 aromatic carbocycles. The van der Waals surface area contributed by atoms with Crippen molar-refractivity contribution in [2.75, 3.05) is 7.11 Å². The summed E-state index contributed by atoms with van der Waals surface area (Å²) in [5.74, 6) is 0. The van der Waals surface area contributed by atoms with Crippen molar-refractivity contribution in [1.29, 1.82) is 0 Å². The topological polar surface area (TPSA) is 9.23 Å². The fourth-order valence-electron chi connectivity index (χ4n) is 1.65. The smallest absolute Gasteiger partial charge is 0.0793 e. The van der Waals surface area contributed by atoms with Crippen molar-refractivity contribution >= 4 is 26.2 Å². The van der Waals surface area contributed by atoms with E-state index in [0.717, 1.165) is 5.19 Å². The number of benzene rings is 2. The Balaban J connectivity index is 2.52. The second-order valence-corrected chi connectivity index (χ2v) is 4.28. The van der Waals surface area contributed by atoms with E-state index in [9.17, 15) is 0 Å². The molecule has 1 unspecified atom stereocenters. The van der Waals surface area contributed by atoms with Gasteiger partial charge < -0.3 is 4.74 Å². The van der Waals surface area contributed by atoms with Gasteiger partial charge in [-0.15, -0.1) is 0 Å². The summed E-state index contributed by atoms with van der Waals surface area (Å²) in [6, 6.07) is 12.7. The molecule has 0 fully saturated rings. The standard InChI is InChI=1S/C13H13OSi/c1-9(14-2)10-3-4-12-8-13(15)6-5-11(12)7-10/h3-9H,1-2H3. The van der Waals surface area contributed by atoms with Crippen LogP contribution in [0.3, 0.4) is 0 Å². The summed E-state index contributed by atoms with van der Waals surface area (Å²) in [5.41, 5.74) is 1.21. The monoisotopic (exact) mass is 213 g/mol. The van der Waals surface area contributed by atoms with Crippen molar-refractivity contribution in [1.82, 2.24) is 0 Å². The molecule has 1 nitrogen and oxygen atoms in total. The number of methoxy groups -OCH3 is 1. The van der Waals surface area contributed by atoms with Gasteiger partial charge in [0.25, 0.3) is 0 Å². The van der Waals surface area contributed by atoms with E-state index in [1.807, 2.05) is 0 Å². The Morgan fingerprint density at radius 2 is 1.73 bits per heavy atom. The molecule has 0 aliphatic heterocycles. The average Bonchev–Trinajstić information content (AvgIpc) is 2.27. The van der Waals surface area contributed by atoms with Crippen LogP contribution >= 0.6 is 0 Å². The van der Waals surface area contributed by atoms with Crippen LogP contribution in [0, 0.1) is 0 Å². The van der Waals surface area contributed by atoms with Crippen molar-refractivity contribution in [2.45, 2.75) is 13.0 Å². The molecule has 0 bridgehead atoms. The van der Waals surface area contributed by atoms with Crippen LogP contribution in [-0.4, -0.2) is 17.4 Å². The molecule has 0 heterocycles.